The Hall–Kier alpha value is -2.16. The van der Waals surface area contributed by atoms with Gasteiger partial charge in [-0.05, 0) is 40.2 Å². The molecule has 0 aliphatic heterocycles. The standard InChI is InChI=1S/2C9H18NO2.C4H6O2.ClH/c2*1-6-10(4,5)7-12-9(11)8(2)3;1-3(2)4(5)6;/h2*2,6-7H2,1,3-5H3;1H2,2H3,(H,5,6);1H/q2*+1;;/p-2. The lowest BCUT2D eigenvalue weighted by atomic mass is 10.4. The van der Waals surface area contributed by atoms with Crippen molar-refractivity contribution in [2.75, 3.05) is 54.7 Å². The fraction of sp³-hybridized carbons (Fsp3) is 0.591. The summed E-state index contributed by atoms with van der Waals surface area (Å²) in [6.45, 7) is 21.5. The van der Waals surface area contributed by atoms with E-state index >= 15 is 0 Å². The monoisotopic (exact) mass is 464 g/mol. The Bertz CT molecular complexity index is 573. The van der Waals surface area contributed by atoms with Gasteiger partial charge in [0.1, 0.15) is 0 Å². The van der Waals surface area contributed by atoms with Gasteiger partial charge in [-0.1, -0.05) is 19.7 Å². The number of halogens is 1. The molecule has 0 saturated heterocycles. The van der Waals surface area contributed by atoms with Crippen LogP contribution >= 0.6 is 0 Å². The lowest BCUT2D eigenvalue weighted by molar-refractivity contribution is -0.905. The predicted molar refractivity (Wildman–Crippen MR) is 117 cm³/mol. The van der Waals surface area contributed by atoms with E-state index in [0.717, 1.165) is 13.1 Å². The number of hydrogen-bond donors (Lipinski definition) is 0. The van der Waals surface area contributed by atoms with E-state index in [0.29, 0.717) is 33.6 Å². The Morgan fingerprint density at radius 3 is 1.06 bits per heavy atom. The molecule has 0 N–H and O–H groups in total. The minimum Gasteiger partial charge on any atom is -1.00 e. The second-order valence-electron chi connectivity index (χ2n) is 8.25. The van der Waals surface area contributed by atoms with Crippen LogP contribution in [0.1, 0.15) is 34.6 Å². The number of nitrogens with zero attached hydrogens (tertiary/aromatic N) is 2. The maximum Gasteiger partial charge on any atom is 0.337 e. The van der Waals surface area contributed by atoms with Gasteiger partial charge >= 0.3 is 11.9 Å². The van der Waals surface area contributed by atoms with Gasteiger partial charge in [0.2, 0.25) is 13.5 Å². The van der Waals surface area contributed by atoms with Gasteiger partial charge in [0.15, 0.2) is 0 Å². The van der Waals surface area contributed by atoms with Crippen LogP contribution in [0, 0.1) is 0 Å². The lowest BCUT2D eigenvalue weighted by Crippen LogP contribution is -3.00. The minimum absolute atomic E-state index is 0. The van der Waals surface area contributed by atoms with Crippen molar-refractivity contribution < 1.29 is 50.3 Å². The third-order valence-corrected chi connectivity index (χ3v) is 3.85. The average molecular weight is 465 g/mol. The molecule has 0 radical (unpaired) electrons. The Morgan fingerprint density at radius 1 is 0.710 bits per heavy atom. The number of carbonyl (C=O) groups is 3. The van der Waals surface area contributed by atoms with E-state index in [4.69, 9.17) is 9.47 Å². The number of ether oxygens (including phenoxy) is 2. The number of hydrogen-bond acceptors (Lipinski definition) is 6. The predicted octanol–water partition coefficient (Wildman–Crippen LogP) is -1.36. The van der Waals surface area contributed by atoms with Gasteiger partial charge in [0.05, 0.1) is 47.2 Å². The van der Waals surface area contributed by atoms with Crippen LogP contribution in [0.2, 0.25) is 0 Å². The molecule has 0 bridgehead atoms. The summed E-state index contributed by atoms with van der Waals surface area (Å²) >= 11 is 0. The van der Waals surface area contributed by atoms with E-state index in [1.165, 1.54) is 6.92 Å². The Labute approximate surface area is 194 Å². The topological polar surface area (TPSA) is 92.7 Å². The van der Waals surface area contributed by atoms with Crippen molar-refractivity contribution in [1.82, 2.24) is 0 Å². The van der Waals surface area contributed by atoms with Gasteiger partial charge in [-0.2, -0.15) is 0 Å². The summed E-state index contributed by atoms with van der Waals surface area (Å²) in [6, 6.07) is 0. The largest absolute Gasteiger partial charge is 1.00 e. The molecule has 0 spiro atoms. The van der Waals surface area contributed by atoms with Crippen molar-refractivity contribution in [3.05, 3.63) is 36.5 Å². The van der Waals surface area contributed by atoms with E-state index in [9.17, 15) is 19.5 Å². The zero-order valence-corrected chi connectivity index (χ0v) is 21.4. The SMILES string of the molecule is C=C(C)C(=O)OC[N+](C)(C)CC.C=C(C)C(=O)OC[N+](C)(C)CC.C=C(C)C(=O)[O-].[Cl-]. The molecule has 0 rings (SSSR count). The van der Waals surface area contributed by atoms with Gasteiger partial charge in [0.25, 0.3) is 0 Å². The molecule has 9 heteroatoms. The van der Waals surface area contributed by atoms with E-state index in [1.54, 1.807) is 13.8 Å². The van der Waals surface area contributed by atoms with Gasteiger partial charge in [-0.25, -0.2) is 9.59 Å². The molecule has 0 atom stereocenters. The van der Waals surface area contributed by atoms with Crippen molar-refractivity contribution in [3.63, 3.8) is 0 Å². The van der Waals surface area contributed by atoms with Gasteiger partial charge < -0.3 is 31.8 Å². The second-order valence-corrected chi connectivity index (χ2v) is 8.25. The highest BCUT2D eigenvalue weighted by molar-refractivity contribution is 5.87. The average Bonchev–Trinajstić information content (AvgIpc) is 2.64. The first-order chi connectivity index (χ1) is 13.4. The quantitative estimate of drug-likeness (QED) is 0.181. The fourth-order valence-corrected chi connectivity index (χ4v) is 0.896. The Balaban J connectivity index is -0.000000183. The molecule has 0 heterocycles. The molecule has 0 aliphatic rings. The van der Waals surface area contributed by atoms with Crippen LogP contribution in [0.4, 0.5) is 0 Å². The summed E-state index contributed by atoms with van der Waals surface area (Å²) in [5.41, 5.74) is 0.965. The molecule has 0 saturated carbocycles. The fourth-order valence-electron chi connectivity index (χ4n) is 0.896. The van der Waals surface area contributed by atoms with Crippen molar-refractivity contribution >= 4 is 17.9 Å². The Kier molecular flexibility index (Phi) is 20.5. The zero-order chi connectivity index (χ0) is 24.7. The van der Waals surface area contributed by atoms with Gasteiger partial charge in [-0.15, -0.1) is 0 Å². The maximum absolute atomic E-state index is 11.0. The summed E-state index contributed by atoms with van der Waals surface area (Å²) in [5, 5.41) is 9.49. The third-order valence-electron chi connectivity index (χ3n) is 3.85. The number of rotatable bonds is 9. The van der Waals surface area contributed by atoms with E-state index < -0.39 is 5.97 Å². The van der Waals surface area contributed by atoms with E-state index in [-0.39, 0.29) is 29.9 Å². The molecule has 0 unspecified atom stereocenters. The summed E-state index contributed by atoms with van der Waals surface area (Å²) in [6.07, 6.45) is 0. The second kappa shape index (κ2) is 17.5. The molecule has 8 nitrogen and oxygen atoms in total. The van der Waals surface area contributed by atoms with E-state index in [1.807, 2.05) is 28.2 Å². The van der Waals surface area contributed by atoms with Gasteiger partial charge in [0, 0.05) is 11.1 Å². The van der Waals surface area contributed by atoms with Crippen molar-refractivity contribution in [2.45, 2.75) is 34.6 Å². The zero-order valence-electron chi connectivity index (χ0n) is 20.7. The number of carboxylic acids is 1. The molecule has 0 aromatic heterocycles. The highest BCUT2D eigenvalue weighted by Gasteiger charge is 2.15. The minimum atomic E-state index is -1.19. The number of quaternary nitrogens is 2. The number of esters is 2. The van der Waals surface area contributed by atoms with Crippen LogP contribution in [0.3, 0.4) is 0 Å². The molecular formula is C22H41ClN2O6. The third kappa shape index (κ3) is 24.0. The smallest absolute Gasteiger partial charge is 0.337 e. The van der Waals surface area contributed by atoms with Crippen LogP contribution in [0.15, 0.2) is 36.5 Å². The van der Waals surface area contributed by atoms with Crippen LogP contribution in [-0.2, 0) is 23.9 Å². The number of aliphatic carboxylic acids is 1. The van der Waals surface area contributed by atoms with Gasteiger partial charge in [-0.3, -0.25) is 8.97 Å². The van der Waals surface area contributed by atoms with Crippen LogP contribution in [0.5, 0.6) is 0 Å². The first kappa shape index (κ1) is 36.2. The number of carboxylic acid groups (broad SMARTS) is 1. The van der Waals surface area contributed by atoms with Crippen molar-refractivity contribution in [3.8, 4) is 0 Å². The highest BCUT2D eigenvalue weighted by atomic mass is 35.5. The first-order valence-electron chi connectivity index (χ1n) is 9.58. The molecule has 0 aromatic rings. The molecule has 31 heavy (non-hydrogen) atoms. The first-order valence-corrected chi connectivity index (χ1v) is 9.58. The van der Waals surface area contributed by atoms with Crippen LogP contribution < -0.4 is 17.5 Å². The normalized spacial score (nSPS) is 9.97. The Morgan fingerprint density at radius 2 is 0.935 bits per heavy atom. The van der Waals surface area contributed by atoms with Crippen molar-refractivity contribution in [1.29, 1.82) is 0 Å². The van der Waals surface area contributed by atoms with Crippen molar-refractivity contribution in [2.24, 2.45) is 0 Å². The summed E-state index contributed by atoms with van der Waals surface area (Å²) < 4.78 is 11.3. The maximum atomic E-state index is 11.0. The van der Waals surface area contributed by atoms with Crippen LogP contribution in [0.25, 0.3) is 0 Å². The van der Waals surface area contributed by atoms with E-state index in [2.05, 4.69) is 33.6 Å². The number of carbonyl (C=O) groups excluding carboxylic acids is 3. The molecular weight excluding hydrogens is 424 g/mol. The highest BCUT2D eigenvalue weighted by Crippen LogP contribution is 2.00. The molecule has 0 aliphatic carbocycles. The summed E-state index contributed by atoms with van der Waals surface area (Å²) in [7, 11) is 8.02. The molecule has 0 aromatic carbocycles. The summed E-state index contributed by atoms with van der Waals surface area (Å²) in [4.78, 5) is 31.4. The molecule has 182 valence electrons. The molecule has 0 amide bonds. The lowest BCUT2D eigenvalue weighted by Gasteiger charge is -2.26. The summed E-state index contributed by atoms with van der Waals surface area (Å²) in [5.74, 6) is -1.81. The molecule has 0 fully saturated rings. The van der Waals surface area contributed by atoms with Crippen LogP contribution in [-0.4, -0.2) is 81.6 Å².